The maximum Gasteiger partial charge on any atom is 0.330 e. The number of aliphatic hydroxyl groups is 2. The van der Waals surface area contributed by atoms with Crippen molar-refractivity contribution in [2.45, 2.75) is 30.2 Å². The minimum atomic E-state index is -0.931. The standard InChI is InChI=1S/C10H13BrN2O5/c1-4-2-13(10(17)12-8(4)16)9-6(11)7(15)5(3-14)18-9/h2,5-7,9,14-15H,3H2,1H3,(H,12,16,17)/t5-,6-,7+,9-/m1/s1. The number of halogens is 1. The molecule has 7 nitrogen and oxygen atoms in total. The SMILES string of the molecule is Cc1cn([C@@H]2O[C@H](CO)[C@H](O)[C@H]2Br)c(=O)[nH]c1=O. The quantitative estimate of drug-likeness (QED) is 0.597. The molecule has 4 atom stereocenters. The van der Waals surface area contributed by atoms with Crippen molar-refractivity contribution >= 4 is 15.9 Å². The molecule has 0 aromatic carbocycles. The van der Waals surface area contributed by atoms with Crippen molar-refractivity contribution in [2.75, 3.05) is 6.61 Å². The molecular formula is C10H13BrN2O5. The molecular weight excluding hydrogens is 308 g/mol. The summed E-state index contributed by atoms with van der Waals surface area (Å²) in [6, 6.07) is 0. The lowest BCUT2D eigenvalue weighted by atomic mass is 10.2. The fourth-order valence-electron chi connectivity index (χ4n) is 1.85. The smallest absolute Gasteiger partial charge is 0.330 e. The first kappa shape index (κ1) is 13.5. The summed E-state index contributed by atoms with van der Waals surface area (Å²) in [5.41, 5.74) is -0.717. The summed E-state index contributed by atoms with van der Waals surface area (Å²) in [4.78, 5) is 24.6. The number of rotatable bonds is 2. The molecule has 0 saturated carbocycles. The van der Waals surface area contributed by atoms with E-state index in [-0.39, 0.29) is 6.61 Å². The molecule has 0 unspecified atom stereocenters. The van der Waals surface area contributed by atoms with Gasteiger partial charge in [0.05, 0.1) is 17.5 Å². The summed E-state index contributed by atoms with van der Waals surface area (Å²) >= 11 is 3.23. The highest BCUT2D eigenvalue weighted by Gasteiger charge is 2.43. The van der Waals surface area contributed by atoms with Crippen molar-refractivity contribution in [2.24, 2.45) is 0 Å². The van der Waals surface area contributed by atoms with Crippen LogP contribution >= 0.6 is 15.9 Å². The highest BCUT2D eigenvalue weighted by Crippen LogP contribution is 2.33. The van der Waals surface area contributed by atoms with E-state index in [4.69, 9.17) is 9.84 Å². The molecule has 100 valence electrons. The van der Waals surface area contributed by atoms with Crippen molar-refractivity contribution in [3.8, 4) is 0 Å². The molecule has 18 heavy (non-hydrogen) atoms. The molecule has 1 fully saturated rings. The van der Waals surface area contributed by atoms with E-state index in [9.17, 15) is 14.7 Å². The Bertz CT molecular complexity index is 554. The summed E-state index contributed by atoms with van der Waals surface area (Å²) in [6.07, 6.45) is -1.11. The molecule has 2 heterocycles. The molecule has 1 aliphatic heterocycles. The third-order valence-electron chi connectivity index (χ3n) is 2.89. The van der Waals surface area contributed by atoms with Crippen LogP contribution in [0, 0.1) is 6.92 Å². The van der Waals surface area contributed by atoms with Crippen LogP contribution in [-0.2, 0) is 4.74 Å². The summed E-state index contributed by atoms with van der Waals surface area (Å²) < 4.78 is 6.58. The highest BCUT2D eigenvalue weighted by molar-refractivity contribution is 9.09. The molecule has 2 rings (SSSR count). The van der Waals surface area contributed by atoms with E-state index in [2.05, 4.69) is 20.9 Å². The average Bonchev–Trinajstić information content (AvgIpc) is 2.61. The van der Waals surface area contributed by atoms with E-state index in [1.54, 1.807) is 6.92 Å². The predicted octanol–water partition coefficient (Wildman–Crippen LogP) is -1.14. The molecule has 0 bridgehead atoms. The fourth-order valence-corrected chi connectivity index (χ4v) is 2.57. The minimum Gasteiger partial charge on any atom is -0.394 e. The second-order valence-electron chi connectivity index (χ2n) is 4.16. The van der Waals surface area contributed by atoms with Gasteiger partial charge in [-0.05, 0) is 6.92 Å². The molecule has 0 radical (unpaired) electrons. The van der Waals surface area contributed by atoms with Crippen LogP contribution in [0.15, 0.2) is 15.8 Å². The molecule has 0 spiro atoms. The number of aliphatic hydroxyl groups excluding tert-OH is 2. The molecule has 0 aliphatic carbocycles. The Kier molecular flexibility index (Phi) is 3.71. The number of hydrogen-bond acceptors (Lipinski definition) is 5. The Hall–Kier alpha value is -0.960. The Balaban J connectivity index is 2.42. The predicted molar refractivity (Wildman–Crippen MR) is 65.8 cm³/mol. The lowest BCUT2D eigenvalue weighted by Crippen LogP contribution is -2.36. The molecule has 0 amide bonds. The number of aryl methyl sites for hydroxylation is 1. The minimum absolute atomic E-state index is 0.350. The Labute approximate surface area is 110 Å². The van der Waals surface area contributed by atoms with Gasteiger partial charge in [-0.2, -0.15) is 0 Å². The summed E-state index contributed by atoms with van der Waals surface area (Å²) in [6.45, 7) is 1.21. The lowest BCUT2D eigenvalue weighted by molar-refractivity contribution is -0.0457. The number of nitrogens with zero attached hydrogens (tertiary/aromatic N) is 1. The van der Waals surface area contributed by atoms with Gasteiger partial charge in [-0.15, -0.1) is 0 Å². The van der Waals surface area contributed by atoms with E-state index < -0.39 is 34.5 Å². The number of hydrogen-bond donors (Lipinski definition) is 3. The van der Waals surface area contributed by atoms with E-state index in [1.165, 1.54) is 10.8 Å². The lowest BCUT2D eigenvalue weighted by Gasteiger charge is -2.17. The topological polar surface area (TPSA) is 105 Å². The first-order valence-electron chi connectivity index (χ1n) is 5.36. The fraction of sp³-hybridized carbons (Fsp3) is 0.600. The maximum atomic E-state index is 11.7. The van der Waals surface area contributed by atoms with Crippen molar-refractivity contribution in [3.05, 3.63) is 32.6 Å². The zero-order valence-electron chi connectivity index (χ0n) is 9.54. The van der Waals surface area contributed by atoms with Crippen molar-refractivity contribution < 1.29 is 14.9 Å². The first-order chi connectivity index (χ1) is 8.45. The number of aromatic amines is 1. The molecule has 1 saturated heterocycles. The zero-order valence-corrected chi connectivity index (χ0v) is 11.1. The molecule has 1 aromatic rings. The van der Waals surface area contributed by atoms with E-state index in [0.717, 1.165) is 0 Å². The normalized spacial score (nSPS) is 31.8. The summed E-state index contributed by atoms with van der Waals surface area (Å²) in [5, 5.41) is 18.8. The van der Waals surface area contributed by atoms with Gasteiger partial charge in [0.15, 0.2) is 6.23 Å². The van der Waals surface area contributed by atoms with Crippen LogP contribution in [0.2, 0.25) is 0 Å². The molecule has 3 N–H and O–H groups in total. The van der Waals surface area contributed by atoms with Gasteiger partial charge in [0, 0.05) is 11.8 Å². The van der Waals surface area contributed by atoms with Crippen molar-refractivity contribution in [1.29, 1.82) is 0 Å². The van der Waals surface area contributed by atoms with E-state index >= 15 is 0 Å². The number of aromatic nitrogens is 2. The molecule has 1 aliphatic rings. The van der Waals surface area contributed by atoms with Crippen molar-refractivity contribution in [3.63, 3.8) is 0 Å². The van der Waals surface area contributed by atoms with E-state index in [1.807, 2.05) is 0 Å². The van der Waals surface area contributed by atoms with E-state index in [0.29, 0.717) is 5.56 Å². The van der Waals surface area contributed by atoms with Crippen LogP contribution in [0.1, 0.15) is 11.8 Å². The number of nitrogens with one attached hydrogen (secondary N) is 1. The Morgan fingerprint density at radius 3 is 2.78 bits per heavy atom. The van der Waals surface area contributed by atoms with Gasteiger partial charge in [-0.3, -0.25) is 14.3 Å². The van der Waals surface area contributed by atoms with Gasteiger partial charge in [0.25, 0.3) is 5.56 Å². The van der Waals surface area contributed by atoms with Crippen LogP contribution in [0.5, 0.6) is 0 Å². The van der Waals surface area contributed by atoms with Gasteiger partial charge in [-0.1, -0.05) is 15.9 Å². The number of H-pyrrole nitrogens is 1. The van der Waals surface area contributed by atoms with Gasteiger partial charge in [0.1, 0.15) is 6.10 Å². The third-order valence-corrected chi connectivity index (χ3v) is 3.89. The van der Waals surface area contributed by atoms with Crippen molar-refractivity contribution in [1.82, 2.24) is 9.55 Å². The third kappa shape index (κ3) is 2.16. The Morgan fingerprint density at radius 1 is 1.56 bits per heavy atom. The van der Waals surface area contributed by atoms with Crippen LogP contribution in [0.3, 0.4) is 0 Å². The summed E-state index contributed by atoms with van der Waals surface area (Å²) in [7, 11) is 0. The Morgan fingerprint density at radius 2 is 2.22 bits per heavy atom. The van der Waals surface area contributed by atoms with Gasteiger partial charge in [0.2, 0.25) is 0 Å². The monoisotopic (exact) mass is 320 g/mol. The highest BCUT2D eigenvalue weighted by atomic mass is 79.9. The number of alkyl halides is 1. The zero-order chi connectivity index (χ0) is 13.4. The molecule has 8 heteroatoms. The maximum absolute atomic E-state index is 11.7. The van der Waals surface area contributed by atoms with Crippen LogP contribution in [-0.4, -0.2) is 43.4 Å². The molecule has 1 aromatic heterocycles. The van der Waals surface area contributed by atoms with Crippen LogP contribution < -0.4 is 11.2 Å². The summed E-state index contributed by atoms with van der Waals surface area (Å²) in [5.74, 6) is 0. The van der Waals surface area contributed by atoms with Gasteiger partial charge < -0.3 is 14.9 Å². The van der Waals surface area contributed by atoms with Gasteiger partial charge >= 0.3 is 5.69 Å². The van der Waals surface area contributed by atoms with Crippen LogP contribution in [0.25, 0.3) is 0 Å². The second-order valence-corrected chi connectivity index (χ2v) is 5.22. The largest absolute Gasteiger partial charge is 0.394 e. The van der Waals surface area contributed by atoms with Gasteiger partial charge in [-0.25, -0.2) is 4.79 Å². The average molecular weight is 321 g/mol. The second kappa shape index (κ2) is 4.96. The van der Waals surface area contributed by atoms with Crippen LogP contribution in [0.4, 0.5) is 0 Å². The number of ether oxygens (including phenoxy) is 1. The first-order valence-corrected chi connectivity index (χ1v) is 6.27.